The van der Waals surface area contributed by atoms with Gasteiger partial charge in [-0.25, -0.2) is 4.68 Å². The fraction of sp³-hybridized carbons (Fsp3) is 0.263. The first-order valence-electron chi connectivity index (χ1n) is 7.95. The Bertz CT molecular complexity index is 765. The predicted octanol–water partition coefficient (Wildman–Crippen LogP) is 3.76. The molecule has 4 nitrogen and oxygen atoms in total. The van der Waals surface area contributed by atoms with Crippen molar-refractivity contribution in [3.63, 3.8) is 0 Å². The highest BCUT2D eigenvalue weighted by Gasteiger charge is 2.07. The van der Waals surface area contributed by atoms with E-state index in [0.717, 1.165) is 30.0 Å². The van der Waals surface area contributed by atoms with E-state index < -0.39 is 0 Å². The first kappa shape index (κ1) is 15.3. The summed E-state index contributed by atoms with van der Waals surface area (Å²) in [5.74, 6) is 0.966. The molecule has 0 bridgehead atoms. The molecule has 0 aliphatic rings. The van der Waals surface area contributed by atoms with Gasteiger partial charge in [-0.05, 0) is 50.5 Å². The molecule has 0 saturated carbocycles. The van der Waals surface area contributed by atoms with Crippen molar-refractivity contribution >= 4 is 0 Å². The Balaban J connectivity index is 1.72. The van der Waals surface area contributed by atoms with E-state index in [0.29, 0.717) is 6.61 Å². The second-order valence-corrected chi connectivity index (χ2v) is 5.53. The van der Waals surface area contributed by atoms with Gasteiger partial charge < -0.3 is 4.74 Å². The summed E-state index contributed by atoms with van der Waals surface area (Å²) < 4.78 is 7.53. The van der Waals surface area contributed by atoms with Crippen molar-refractivity contribution in [1.29, 1.82) is 0 Å². The average Bonchev–Trinajstić information content (AvgIpc) is 3.05. The van der Waals surface area contributed by atoms with Crippen LogP contribution >= 0.6 is 0 Å². The number of benzene rings is 2. The third kappa shape index (κ3) is 3.77. The maximum absolute atomic E-state index is 5.71. The van der Waals surface area contributed by atoms with Crippen molar-refractivity contribution in [2.24, 2.45) is 0 Å². The number of ether oxygens (including phenoxy) is 1. The predicted molar refractivity (Wildman–Crippen MR) is 91.1 cm³/mol. The second kappa shape index (κ2) is 7.09. The van der Waals surface area contributed by atoms with Gasteiger partial charge in [-0.2, -0.15) is 0 Å². The smallest absolute Gasteiger partial charge is 0.122 e. The average molecular weight is 307 g/mol. The van der Waals surface area contributed by atoms with E-state index in [1.807, 2.05) is 48.1 Å². The summed E-state index contributed by atoms with van der Waals surface area (Å²) in [7, 11) is 0. The summed E-state index contributed by atoms with van der Waals surface area (Å²) in [6, 6.07) is 16.4. The van der Waals surface area contributed by atoms with Crippen LogP contribution in [-0.4, -0.2) is 21.6 Å². The Morgan fingerprint density at radius 1 is 1.04 bits per heavy atom. The minimum Gasteiger partial charge on any atom is -0.494 e. The molecule has 3 aromatic rings. The third-order valence-corrected chi connectivity index (χ3v) is 3.73. The van der Waals surface area contributed by atoms with Crippen LogP contribution in [0.15, 0.2) is 54.7 Å². The lowest BCUT2D eigenvalue weighted by Crippen LogP contribution is -1.99. The molecule has 0 unspecified atom stereocenters. The molecule has 1 heterocycles. The van der Waals surface area contributed by atoms with Gasteiger partial charge in [0.25, 0.3) is 0 Å². The molecular formula is C19H21N3O. The first-order chi connectivity index (χ1) is 11.3. The lowest BCUT2D eigenvalue weighted by molar-refractivity contribution is 0.336. The number of nitrogens with zero attached hydrogens (tertiary/aromatic N) is 3. The molecule has 0 saturated heterocycles. The summed E-state index contributed by atoms with van der Waals surface area (Å²) in [6.07, 6.45) is 3.73. The van der Waals surface area contributed by atoms with E-state index in [9.17, 15) is 0 Å². The van der Waals surface area contributed by atoms with Crippen molar-refractivity contribution in [2.45, 2.75) is 26.7 Å². The van der Waals surface area contributed by atoms with E-state index in [1.165, 1.54) is 11.1 Å². The van der Waals surface area contributed by atoms with Crippen LogP contribution in [0.3, 0.4) is 0 Å². The maximum atomic E-state index is 5.71. The van der Waals surface area contributed by atoms with E-state index in [1.54, 1.807) is 0 Å². The number of rotatable bonds is 6. The molecular weight excluding hydrogens is 286 g/mol. The Kier molecular flexibility index (Phi) is 4.71. The summed E-state index contributed by atoms with van der Waals surface area (Å²) >= 11 is 0. The molecule has 0 N–H and O–H groups in total. The maximum Gasteiger partial charge on any atom is 0.122 e. The molecule has 2 aromatic carbocycles. The molecule has 3 rings (SSSR count). The lowest BCUT2D eigenvalue weighted by atomic mass is 10.0. The van der Waals surface area contributed by atoms with Gasteiger partial charge in [0.2, 0.25) is 0 Å². The largest absolute Gasteiger partial charge is 0.494 e. The summed E-state index contributed by atoms with van der Waals surface area (Å²) in [6.45, 7) is 4.79. The van der Waals surface area contributed by atoms with E-state index in [4.69, 9.17) is 4.74 Å². The van der Waals surface area contributed by atoms with Gasteiger partial charge in [0, 0.05) is 0 Å². The van der Waals surface area contributed by atoms with Gasteiger partial charge in [-0.3, -0.25) is 0 Å². The van der Waals surface area contributed by atoms with Gasteiger partial charge in [-0.15, -0.1) is 5.10 Å². The van der Waals surface area contributed by atoms with E-state index >= 15 is 0 Å². The Morgan fingerprint density at radius 2 is 1.87 bits per heavy atom. The van der Waals surface area contributed by atoms with Crippen LogP contribution in [0, 0.1) is 6.92 Å². The van der Waals surface area contributed by atoms with Crippen molar-refractivity contribution in [2.75, 3.05) is 6.61 Å². The fourth-order valence-electron chi connectivity index (χ4n) is 2.58. The number of hydrogen-bond acceptors (Lipinski definition) is 3. The zero-order valence-corrected chi connectivity index (χ0v) is 13.6. The Labute approximate surface area is 136 Å². The van der Waals surface area contributed by atoms with Gasteiger partial charge in [0.15, 0.2) is 0 Å². The number of aromatic nitrogens is 3. The lowest BCUT2D eigenvalue weighted by Gasteiger charge is -2.10. The minimum atomic E-state index is 0.681. The second-order valence-electron chi connectivity index (χ2n) is 5.53. The van der Waals surface area contributed by atoms with Gasteiger partial charge in [0.1, 0.15) is 5.75 Å². The van der Waals surface area contributed by atoms with Crippen LogP contribution in [0.2, 0.25) is 0 Å². The van der Waals surface area contributed by atoms with Crippen LogP contribution < -0.4 is 4.74 Å². The molecule has 0 radical (unpaired) electrons. The van der Waals surface area contributed by atoms with Crippen molar-refractivity contribution in [3.05, 3.63) is 71.5 Å². The van der Waals surface area contributed by atoms with Gasteiger partial charge in [-0.1, -0.05) is 41.1 Å². The Morgan fingerprint density at radius 3 is 2.65 bits per heavy atom. The molecule has 23 heavy (non-hydrogen) atoms. The van der Waals surface area contributed by atoms with E-state index in [2.05, 4.69) is 35.4 Å². The minimum absolute atomic E-state index is 0.681. The number of aryl methyl sites for hydroxylation is 3. The van der Waals surface area contributed by atoms with Gasteiger partial charge >= 0.3 is 0 Å². The van der Waals surface area contributed by atoms with Crippen LogP contribution in [0.4, 0.5) is 0 Å². The van der Waals surface area contributed by atoms with Crippen LogP contribution in [0.25, 0.3) is 5.69 Å². The SMILES string of the molecule is CCOc1ccc(C)cc1CCc1cn(-c2ccccc2)nn1. The van der Waals surface area contributed by atoms with Gasteiger partial charge in [0.05, 0.1) is 24.2 Å². The van der Waals surface area contributed by atoms with Crippen molar-refractivity contribution in [1.82, 2.24) is 15.0 Å². The van der Waals surface area contributed by atoms with Crippen LogP contribution in [0.1, 0.15) is 23.7 Å². The molecule has 0 fully saturated rings. The molecule has 0 atom stereocenters. The highest BCUT2D eigenvalue weighted by Crippen LogP contribution is 2.22. The highest BCUT2D eigenvalue weighted by molar-refractivity contribution is 5.37. The summed E-state index contributed by atoms with van der Waals surface area (Å²) in [5.41, 5.74) is 4.48. The molecule has 0 aliphatic carbocycles. The Hall–Kier alpha value is -2.62. The molecule has 0 spiro atoms. The monoisotopic (exact) mass is 307 g/mol. The third-order valence-electron chi connectivity index (χ3n) is 3.73. The van der Waals surface area contributed by atoms with Crippen molar-refractivity contribution < 1.29 is 4.74 Å². The standard InChI is InChI=1S/C19H21N3O/c1-3-23-19-12-9-15(2)13-16(19)10-11-17-14-22(21-20-17)18-7-5-4-6-8-18/h4-9,12-14H,3,10-11H2,1-2H3. The van der Waals surface area contributed by atoms with Crippen LogP contribution in [0.5, 0.6) is 5.75 Å². The fourth-order valence-corrected chi connectivity index (χ4v) is 2.58. The summed E-state index contributed by atoms with van der Waals surface area (Å²) in [4.78, 5) is 0. The van der Waals surface area contributed by atoms with Crippen molar-refractivity contribution in [3.8, 4) is 11.4 Å². The zero-order chi connectivity index (χ0) is 16.1. The molecule has 1 aromatic heterocycles. The zero-order valence-electron chi connectivity index (χ0n) is 13.6. The number of para-hydroxylation sites is 1. The number of hydrogen-bond donors (Lipinski definition) is 0. The molecule has 118 valence electrons. The summed E-state index contributed by atoms with van der Waals surface area (Å²) in [5, 5.41) is 8.49. The quantitative estimate of drug-likeness (QED) is 0.696. The van der Waals surface area contributed by atoms with Crippen LogP contribution in [-0.2, 0) is 12.8 Å². The molecule has 4 heteroatoms. The molecule has 0 aliphatic heterocycles. The first-order valence-corrected chi connectivity index (χ1v) is 7.95. The highest BCUT2D eigenvalue weighted by atomic mass is 16.5. The van der Waals surface area contributed by atoms with E-state index in [-0.39, 0.29) is 0 Å². The molecule has 0 amide bonds. The normalized spacial score (nSPS) is 10.7. The topological polar surface area (TPSA) is 39.9 Å².